The fourth-order valence-electron chi connectivity index (χ4n) is 0.774. The van der Waals surface area contributed by atoms with Crippen molar-refractivity contribution in [3.8, 4) is 0 Å². The molecule has 0 aliphatic carbocycles. The first-order valence-electron chi connectivity index (χ1n) is 2.82. The Balaban J connectivity index is 2.22. The van der Waals surface area contributed by atoms with Crippen LogP contribution in [-0.2, 0) is 14.6 Å². The molecule has 0 radical (unpaired) electrons. The van der Waals surface area contributed by atoms with Crippen molar-refractivity contribution in [1.29, 1.82) is 0 Å². The van der Waals surface area contributed by atoms with Gasteiger partial charge in [-0.1, -0.05) is 0 Å². The fraction of sp³-hybridized carbons (Fsp3) is 0.800. The molecule has 1 heterocycles. The molecule has 0 bridgehead atoms. The van der Waals surface area contributed by atoms with Gasteiger partial charge in [-0.05, 0) is 0 Å². The lowest BCUT2D eigenvalue weighted by molar-refractivity contribution is -0.307. The molecule has 0 spiro atoms. The molecule has 1 atom stereocenters. The first kappa shape index (κ1) is 6.51. The van der Waals surface area contributed by atoms with Gasteiger partial charge in [0.1, 0.15) is 0 Å². The van der Waals surface area contributed by atoms with E-state index in [-0.39, 0.29) is 12.1 Å². The highest BCUT2D eigenvalue weighted by molar-refractivity contribution is 5.78. The Morgan fingerprint density at radius 2 is 2.56 bits per heavy atom. The van der Waals surface area contributed by atoms with E-state index in [2.05, 4.69) is 15.1 Å². The van der Waals surface area contributed by atoms with Gasteiger partial charge in [0.25, 0.3) is 0 Å². The van der Waals surface area contributed by atoms with Gasteiger partial charge in [-0.25, -0.2) is 9.78 Å². The summed E-state index contributed by atoms with van der Waals surface area (Å²) in [6, 6.07) is 0. The van der Waals surface area contributed by atoms with Gasteiger partial charge in [-0.2, -0.15) is 0 Å². The average Bonchev–Trinajstić information content (AvgIpc) is 2.17. The van der Waals surface area contributed by atoms with Crippen LogP contribution in [0.25, 0.3) is 0 Å². The van der Waals surface area contributed by atoms with Gasteiger partial charge >= 0.3 is 0 Å². The minimum Gasteiger partial charge on any atom is -0.328 e. The SMILES string of the molecule is COO[C@@H]1CCC(=O)N1. The van der Waals surface area contributed by atoms with Crippen molar-refractivity contribution in [2.24, 2.45) is 0 Å². The number of hydrogen-bond donors (Lipinski definition) is 1. The van der Waals surface area contributed by atoms with Crippen molar-refractivity contribution in [3.05, 3.63) is 0 Å². The molecule has 1 aliphatic heterocycles. The first-order chi connectivity index (χ1) is 4.33. The molecule has 1 aliphatic rings. The summed E-state index contributed by atoms with van der Waals surface area (Å²) in [7, 11) is 1.42. The summed E-state index contributed by atoms with van der Waals surface area (Å²) in [5.74, 6) is 0.0250. The molecule has 0 aromatic heterocycles. The molecule has 1 saturated heterocycles. The van der Waals surface area contributed by atoms with Crippen LogP contribution in [-0.4, -0.2) is 19.2 Å². The maximum Gasteiger partial charge on any atom is 0.222 e. The Morgan fingerprint density at radius 3 is 3.00 bits per heavy atom. The second kappa shape index (κ2) is 2.80. The predicted octanol–water partition coefficient (Wildman–Crippen LogP) is -0.199. The van der Waals surface area contributed by atoms with Crippen LogP contribution in [0.4, 0.5) is 0 Å². The molecular formula is C5H9NO3. The minimum atomic E-state index is -0.234. The van der Waals surface area contributed by atoms with Crippen LogP contribution in [0.1, 0.15) is 12.8 Å². The van der Waals surface area contributed by atoms with E-state index in [1.54, 1.807) is 0 Å². The van der Waals surface area contributed by atoms with E-state index in [1.807, 2.05) is 0 Å². The maximum atomic E-state index is 10.5. The third-order valence-corrected chi connectivity index (χ3v) is 1.17. The highest BCUT2D eigenvalue weighted by atomic mass is 17.2. The van der Waals surface area contributed by atoms with Gasteiger partial charge in [0.05, 0.1) is 7.11 Å². The summed E-state index contributed by atoms with van der Waals surface area (Å²) in [5, 5.41) is 2.57. The van der Waals surface area contributed by atoms with Gasteiger partial charge in [-0.3, -0.25) is 4.79 Å². The van der Waals surface area contributed by atoms with Crippen molar-refractivity contribution in [2.45, 2.75) is 19.1 Å². The van der Waals surface area contributed by atoms with E-state index in [4.69, 9.17) is 0 Å². The average molecular weight is 131 g/mol. The van der Waals surface area contributed by atoms with Crippen LogP contribution in [0, 0.1) is 0 Å². The van der Waals surface area contributed by atoms with Gasteiger partial charge in [-0.15, -0.1) is 0 Å². The standard InChI is InChI=1S/C5H9NO3/c1-8-9-5-3-2-4(7)6-5/h5H,2-3H2,1H3,(H,6,7)/t5-/m1/s1. The smallest absolute Gasteiger partial charge is 0.222 e. The minimum absolute atomic E-state index is 0.0250. The normalized spacial score (nSPS) is 26.3. The number of hydrogen-bond acceptors (Lipinski definition) is 3. The molecule has 0 saturated carbocycles. The van der Waals surface area contributed by atoms with Gasteiger partial charge in [0.15, 0.2) is 6.23 Å². The van der Waals surface area contributed by atoms with E-state index in [0.717, 1.165) is 0 Å². The van der Waals surface area contributed by atoms with E-state index in [1.165, 1.54) is 7.11 Å². The largest absolute Gasteiger partial charge is 0.328 e. The summed E-state index contributed by atoms with van der Waals surface area (Å²) in [5.41, 5.74) is 0. The van der Waals surface area contributed by atoms with E-state index in [0.29, 0.717) is 12.8 Å². The van der Waals surface area contributed by atoms with E-state index in [9.17, 15) is 4.79 Å². The predicted molar refractivity (Wildman–Crippen MR) is 29.3 cm³/mol. The van der Waals surface area contributed by atoms with Crippen LogP contribution >= 0.6 is 0 Å². The first-order valence-corrected chi connectivity index (χ1v) is 2.82. The Bertz CT molecular complexity index is 115. The molecule has 4 heteroatoms. The second-order valence-corrected chi connectivity index (χ2v) is 1.86. The zero-order valence-corrected chi connectivity index (χ0v) is 5.22. The zero-order chi connectivity index (χ0) is 6.69. The highest BCUT2D eigenvalue weighted by Crippen LogP contribution is 2.06. The molecule has 0 aromatic rings. The third-order valence-electron chi connectivity index (χ3n) is 1.17. The van der Waals surface area contributed by atoms with Crippen LogP contribution in [0.5, 0.6) is 0 Å². The molecule has 52 valence electrons. The van der Waals surface area contributed by atoms with Gasteiger partial charge in [0.2, 0.25) is 5.91 Å². The van der Waals surface area contributed by atoms with Crippen molar-refractivity contribution in [1.82, 2.24) is 5.32 Å². The number of nitrogens with one attached hydrogen (secondary N) is 1. The lowest BCUT2D eigenvalue weighted by Crippen LogP contribution is -2.27. The maximum absolute atomic E-state index is 10.5. The van der Waals surface area contributed by atoms with Crippen molar-refractivity contribution >= 4 is 5.91 Å². The Hall–Kier alpha value is -0.610. The number of rotatable bonds is 2. The third kappa shape index (κ3) is 1.65. The van der Waals surface area contributed by atoms with Crippen molar-refractivity contribution in [2.75, 3.05) is 7.11 Å². The number of carbonyl (C=O) groups is 1. The lowest BCUT2D eigenvalue weighted by Gasteiger charge is -2.05. The summed E-state index contributed by atoms with van der Waals surface area (Å²) in [4.78, 5) is 19.5. The van der Waals surface area contributed by atoms with Gasteiger partial charge < -0.3 is 5.32 Å². The Morgan fingerprint density at radius 1 is 1.78 bits per heavy atom. The second-order valence-electron chi connectivity index (χ2n) is 1.86. The molecule has 0 unspecified atom stereocenters. The molecular weight excluding hydrogens is 122 g/mol. The van der Waals surface area contributed by atoms with Crippen LogP contribution in [0.2, 0.25) is 0 Å². The molecule has 9 heavy (non-hydrogen) atoms. The van der Waals surface area contributed by atoms with E-state index < -0.39 is 0 Å². The van der Waals surface area contributed by atoms with Crippen LogP contribution < -0.4 is 5.32 Å². The van der Waals surface area contributed by atoms with Crippen LogP contribution in [0.15, 0.2) is 0 Å². The monoisotopic (exact) mass is 131 g/mol. The van der Waals surface area contributed by atoms with Crippen molar-refractivity contribution < 1.29 is 14.6 Å². The molecule has 4 nitrogen and oxygen atoms in total. The molecule has 1 fully saturated rings. The summed E-state index contributed by atoms with van der Waals surface area (Å²) < 4.78 is 0. The number of carbonyl (C=O) groups excluding carboxylic acids is 1. The molecule has 1 amide bonds. The van der Waals surface area contributed by atoms with E-state index >= 15 is 0 Å². The Kier molecular flexibility index (Phi) is 2.02. The number of amides is 1. The topological polar surface area (TPSA) is 47.6 Å². The highest BCUT2D eigenvalue weighted by Gasteiger charge is 2.21. The van der Waals surface area contributed by atoms with Crippen molar-refractivity contribution in [3.63, 3.8) is 0 Å². The van der Waals surface area contributed by atoms with Gasteiger partial charge in [0, 0.05) is 12.8 Å². The zero-order valence-electron chi connectivity index (χ0n) is 5.22. The molecule has 1 rings (SSSR count). The Labute approximate surface area is 53.1 Å². The summed E-state index contributed by atoms with van der Waals surface area (Å²) in [6.45, 7) is 0. The lowest BCUT2D eigenvalue weighted by atomic mass is 10.4. The van der Waals surface area contributed by atoms with Crippen LogP contribution in [0.3, 0.4) is 0 Å². The quantitative estimate of drug-likeness (QED) is 0.417. The fourth-order valence-corrected chi connectivity index (χ4v) is 0.774. The summed E-state index contributed by atoms with van der Waals surface area (Å²) in [6.07, 6.45) is 1.00. The summed E-state index contributed by atoms with van der Waals surface area (Å²) >= 11 is 0. The molecule has 0 aromatic carbocycles. The molecule has 1 N–H and O–H groups in total.